The molecule has 1 aromatic heterocycles. The predicted octanol–water partition coefficient (Wildman–Crippen LogP) is 6.78. The SMILES string of the molecule is Cc1cc(C)cc(C(=O)c2sc3cc(F)ccc3c2Oc2ccc(/C=C/C(=O)O)cc2)c1. The van der Waals surface area contributed by atoms with E-state index >= 15 is 0 Å². The van der Waals surface area contributed by atoms with Gasteiger partial charge in [-0.15, -0.1) is 11.3 Å². The molecule has 0 fully saturated rings. The number of carbonyl (C=O) groups excluding carboxylic acids is 1. The van der Waals surface area contributed by atoms with E-state index in [0.29, 0.717) is 37.6 Å². The lowest BCUT2D eigenvalue weighted by Gasteiger charge is -2.09. The molecule has 0 bridgehead atoms. The molecule has 1 N–H and O–H groups in total. The van der Waals surface area contributed by atoms with Crippen molar-refractivity contribution >= 4 is 39.3 Å². The first-order valence-electron chi connectivity index (χ1n) is 9.84. The Labute approximate surface area is 188 Å². The number of halogens is 1. The van der Waals surface area contributed by atoms with Gasteiger partial charge in [0.05, 0.1) is 0 Å². The van der Waals surface area contributed by atoms with E-state index < -0.39 is 5.97 Å². The lowest BCUT2D eigenvalue weighted by atomic mass is 10.0. The molecule has 160 valence electrons. The molecule has 0 amide bonds. The number of carboxylic acid groups (broad SMARTS) is 1. The van der Waals surface area contributed by atoms with Crippen molar-refractivity contribution < 1.29 is 23.8 Å². The summed E-state index contributed by atoms with van der Waals surface area (Å²) in [6.45, 7) is 3.86. The maximum Gasteiger partial charge on any atom is 0.328 e. The Morgan fingerprint density at radius 3 is 2.31 bits per heavy atom. The summed E-state index contributed by atoms with van der Waals surface area (Å²) >= 11 is 1.20. The van der Waals surface area contributed by atoms with Gasteiger partial charge in [0.2, 0.25) is 5.78 Å². The Hall–Kier alpha value is -3.77. The van der Waals surface area contributed by atoms with Crippen LogP contribution in [0.15, 0.2) is 66.7 Å². The highest BCUT2D eigenvalue weighted by Gasteiger charge is 2.22. The third-order valence-electron chi connectivity index (χ3n) is 4.82. The van der Waals surface area contributed by atoms with Crippen LogP contribution in [0, 0.1) is 19.7 Å². The van der Waals surface area contributed by atoms with E-state index in [9.17, 15) is 14.0 Å². The molecule has 0 saturated carbocycles. The number of ketones is 1. The van der Waals surface area contributed by atoms with Crippen molar-refractivity contribution in [2.45, 2.75) is 13.8 Å². The Morgan fingerprint density at radius 1 is 0.969 bits per heavy atom. The molecule has 4 aromatic rings. The number of hydrogen-bond acceptors (Lipinski definition) is 4. The molecule has 1 heterocycles. The molecule has 0 aliphatic heterocycles. The zero-order valence-corrected chi connectivity index (χ0v) is 18.2. The van der Waals surface area contributed by atoms with Gasteiger partial charge in [-0.05, 0) is 68.0 Å². The summed E-state index contributed by atoms with van der Waals surface area (Å²) in [6, 6.07) is 16.8. The Kier molecular flexibility index (Phi) is 5.88. The van der Waals surface area contributed by atoms with Gasteiger partial charge in [0.25, 0.3) is 0 Å². The summed E-state index contributed by atoms with van der Waals surface area (Å²) < 4.78 is 20.6. The van der Waals surface area contributed by atoms with Gasteiger partial charge in [-0.2, -0.15) is 0 Å². The summed E-state index contributed by atoms with van der Waals surface area (Å²) in [5.41, 5.74) is 3.21. The maximum absolute atomic E-state index is 13.8. The Bertz CT molecular complexity index is 1350. The molecule has 0 radical (unpaired) electrons. The van der Waals surface area contributed by atoms with Crippen molar-refractivity contribution in [2.75, 3.05) is 0 Å². The summed E-state index contributed by atoms with van der Waals surface area (Å²) in [6.07, 6.45) is 2.53. The van der Waals surface area contributed by atoms with Gasteiger partial charge in [0, 0.05) is 21.7 Å². The van der Waals surface area contributed by atoms with E-state index in [2.05, 4.69) is 0 Å². The second-order valence-corrected chi connectivity index (χ2v) is 8.50. The number of thiophene rings is 1. The van der Waals surface area contributed by atoms with Crippen LogP contribution in [-0.2, 0) is 4.79 Å². The molecule has 0 atom stereocenters. The van der Waals surface area contributed by atoms with Crippen molar-refractivity contribution in [2.24, 2.45) is 0 Å². The molecular weight excluding hydrogens is 427 g/mol. The van der Waals surface area contributed by atoms with Crippen LogP contribution < -0.4 is 4.74 Å². The van der Waals surface area contributed by atoms with E-state index in [1.165, 1.54) is 29.5 Å². The minimum Gasteiger partial charge on any atom is -0.478 e. The highest BCUT2D eigenvalue weighted by atomic mass is 32.1. The average molecular weight is 446 g/mol. The van der Waals surface area contributed by atoms with Gasteiger partial charge in [-0.25, -0.2) is 9.18 Å². The van der Waals surface area contributed by atoms with Gasteiger partial charge >= 0.3 is 5.97 Å². The van der Waals surface area contributed by atoms with Crippen LogP contribution >= 0.6 is 11.3 Å². The summed E-state index contributed by atoms with van der Waals surface area (Å²) in [5.74, 6) is -0.740. The molecule has 3 aromatic carbocycles. The fourth-order valence-corrected chi connectivity index (χ4v) is 4.58. The van der Waals surface area contributed by atoms with Gasteiger partial charge in [-0.1, -0.05) is 29.3 Å². The fraction of sp³-hybridized carbons (Fsp3) is 0.0769. The number of fused-ring (bicyclic) bond motifs is 1. The van der Waals surface area contributed by atoms with Crippen molar-refractivity contribution in [1.82, 2.24) is 0 Å². The second-order valence-electron chi connectivity index (χ2n) is 7.45. The molecule has 4 nitrogen and oxygen atoms in total. The van der Waals surface area contributed by atoms with Crippen molar-refractivity contribution in [3.8, 4) is 11.5 Å². The largest absolute Gasteiger partial charge is 0.478 e. The van der Waals surface area contributed by atoms with Crippen LogP contribution in [0.1, 0.15) is 31.9 Å². The molecule has 0 aliphatic rings. The molecule has 4 rings (SSSR count). The predicted molar refractivity (Wildman–Crippen MR) is 124 cm³/mol. The Balaban J connectivity index is 1.76. The fourth-order valence-electron chi connectivity index (χ4n) is 3.47. The van der Waals surface area contributed by atoms with Crippen LogP contribution in [0.4, 0.5) is 4.39 Å². The van der Waals surface area contributed by atoms with Crippen molar-refractivity contribution in [3.63, 3.8) is 0 Å². The van der Waals surface area contributed by atoms with Gasteiger partial charge in [0.1, 0.15) is 16.4 Å². The monoisotopic (exact) mass is 446 g/mol. The smallest absolute Gasteiger partial charge is 0.328 e. The lowest BCUT2D eigenvalue weighted by molar-refractivity contribution is -0.131. The van der Waals surface area contributed by atoms with Gasteiger partial charge in [-0.3, -0.25) is 4.79 Å². The van der Waals surface area contributed by atoms with E-state index in [-0.39, 0.29) is 11.6 Å². The normalized spacial score (nSPS) is 11.2. The topological polar surface area (TPSA) is 63.6 Å². The van der Waals surface area contributed by atoms with Crippen molar-refractivity contribution in [3.05, 3.63) is 99.7 Å². The van der Waals surface area contributed by atoms with Crippen LogP contribution in [-0.4, -0.2) is 16.9 Å². The zero-order valence-electron chi connectivity index (χ0n) is 17.4. The number of aliphatic carboxylic acids is 1. The molecule has 0 aliphatic carbocycles. The quantitative estimate of drug-likeness (QED) is 0.262. The molecule has 6 heteroatoms. The van der Waals surface area contributed by atoms with Crippen LogP contribution in [0.5, 0.6) is 11.5 Å². The minimum atomic E-state index is -1.03. The molecule has 0 spiro atoms. The third kappa shape index (κ3) is 4.60. The zero-order chi connectivity index (χ0) is 22.8. The summed E-state index contributed by atoms with van der Waals surface area (Å²) in [5, 5.41) is 9.41. The highest BCUT2D eigenvalue weighted by molar-refractivity contribution is 7.21. The van der Waals surface area contributed by atoms with Crippen LogP contribution in [0.3, 0.4) is 0 Å². The third-order valence-corrected chi connectivity index (χ3v) is 5.95. The lowest BCUT2D eigenvalue weighted by Crippen LogP contribution is -2.02. The number of ether oxygens (including phenoxy) is 1. The molecule has 0 saturated heterocycles. The summed E-state index contributed by atoms with van der Waals surface area (Å²) in [4.78, 5) is 24.5. The Morgan fingerprint density at radius 2 is 1.66 bits per heavy atom. The molecule has 32 heavy (non-hydrogen) atoms. The van der Waals surface area contributed by atoms with Gasteiger partial charge < -0.3 is 9.84 Å². The van der Waals surface area contributed by atoms with E-state index in [0.717, 1.165) is 17.2 Å². The maximum atomic E-state index is 13.8. The summed E-state index contributed by atoms with van der Waals surface area (Å²) in [7, 11) is 0. The standard InChI is InChI=1S/C26H19FO4S/c1-15-11-16(2)13-18(12-15)24(30)26-25(21-9-6-19(27)14-22(21)32-26)31-20-7-3-17(4-8-20)5-10-23(28)29/h3-14H,1-2H3,(H,28,29)/b10-5+. The van der Waals surface area contributed by atoms with Crippen LogP contribution in [0.2, 0.25) is 0 Å². The number of hydrogen-bond donors (Lipinski definition) is 1. The number of benzene rings is 3. The average Bonchev–Trinajstić information content (AvgIpc) is 3.09. The first kappa shape index (κ1) is 21.5. The minimum absolute atomic E-state index is 0.186. The number of aryl methyl sites for hydroxylation is 2. The highest BCUT2D eigenvalue weighted by Crippen LogP contribution is 2.42. The number of carboxylic acids is 1. The number of carbonyl (C=O) groups is 2. The van der Waals surface area contributed by atoms with E-state index in [1.54, 1.807) is 30.3 Å². The first-order valence-corrected chi connectivity index (χ1v) is 10.7. The van der Waals surface area contributed by atoms with E-state index in [1.807, 2.05) is 32.0 Å². The van der Waals surface area contributed by atoms with Crippen molar-refractivity contribution in [1.29, 1.82) is 0 Å². The molecule has 0 unspecified atom stereocenters. The van der Waals surface area contributed by atoms with Gasteiger partial charge in [0.15, 0.2) is 5.75 Å². The second kappa shape index (κ2) is 8.77. The first-order chi connectivity index (χ1) is 15.3. The molecular formula is C26H19FO4S. The van der Waals surface area contributed by atoms with Crippen LogP contribution in [0.25, 0.3) is 16.2 Å². The number of rotatable bonds is 6. The van der Waals surface area contributed by atoms with E-state index in [4.69, 9.17) is 9.84 Å².